The second-order valence-electron chi connectivity index (χ2n) is 13.3. The van der Waals surface area contributed by atoms with Gasteiger partial charge in [0.25, 0.3) is 0 Å². The topological polar surface area (TPSA) is 407 Å². The van der Waals surface area contributed by atoms with Gasteiger partial charge in [0.05, 0.1) is 46.1 Å². The Morgan fingerprint density at radius 1 is 0.672 bits per heavy atom. The second-order valence-corrected chi connectivity index (χ2v) is 14.9. The molecule has 2 heterocycles. The van der Waals surface area contributed by atoms with Gasteiger partial charge < -0.3 is 95.9 Å². The van der Waals surface area contributed by atoms with Crippen LogP contribution in [0.2, 0.25) is 0 Å². The molecule has 2 rings (SSSR count). The summed E-state index contributed by atoms with van der Waals surface area (Å²) in [6.07, 6.45) is -14.4. The van der Waals surface area contributed by atoms with E-state index in [1.165, 1.54) is 13.8 Å². The third-order valence-corrected chi connectivity index (χ3v) is 9.40. The lowest BCUT2D eigenvalue weighted by Gasteiger charge is -2.42. The number of aliphatic hydroxyl groups excluding tert-OH is 6. The van der Waals surface area contributed by atoms with Crippen molar-refractivity contribution in [2.75, 3.05) is 72.9 Å². The molecule has 2 fully saturated rings. The van der Waals surface area contributed by atoms with Crippen molar-refractivity contribution >= 4 is 43.6 Å². The van der Waals surface area contributed by atoms with E-state index in [0.717, 1.165) is 7.11 Å². The van der Waals surface area contributed by atoms with Gasteiger partial charge in [-0.2, -0.15) is 0 Å². The van der Waals surface area contributed by atoms with Crippen LogP contribution in [0.3, 0.4) is 0 Å². The van der Waals surface area contributed by atoms with E-state index in [4.69, 9.17) is 32.9 Å². The monoisotopic (exact) mass is 908 g/mol. The zero-order chi connectivity index (χ0) is 45.7. The average Bonchev–Trinajstić information content (AvgIpc) is 3.21. The highest BCUT2D eigenvalue weighted by Gasteiger charge is 2.46. The van der Waals surface area contributed by atoms with Gasteiger partial charge in [0.1, 0.15) is 55.3 Å². The molecule has 352 valence electrons. The lowest BCUT2D eigenvalue weighted by Crippen LogP contribution is -2.64. The quantitative estimate of drug-likeness (QED) is 0.0299. The fourth-order valence-corrected chi connectivity index (χ4v) is 5.87. The summed E-state index contributed by atoms with van der Waals surface area (Å²) < 4.78 is 52.7. The molecule has 61 heavy (non-hydrogen) atoms. The number of amides is 6. The summed E-state index contributed by atoms with van der Waals surface area (Å²) in [5, 5.41) is 73.6. The van der Waals surface area contributed by atoms with Gasteiger partial charge in [-0.3, -0.25) is 28.2 Å². The van der Waals surface area contributed by atoms with Crippen molar-refractivity contribution in [2.45, 2.75) is 94.1 Å². The van der Waals surface area contributed by atoms with Crippen LogP contribution in [0.25, 0.3) is 0 Å². The lowest BCUT2D eigenvalue weighted by molar-refractivity contribution is -0.270. The predicted octanol–water partition coefficient (Wildman–Crippen LogP) is -6.50. The average molecular weight is 909 g/mol. The fraction of sp³-hybridized carbons (Fsp3) is 0.812. The van der Waals surface area contributed by atoms with Crippen LogP contribution < -0.4 is 31.9 Å². The van der Waals surface area contributed by atoms with Crippen molar-refractivity contribution in [1.29, 1.82) is 0 Å². The molecule has 2 saturated heterocycles. The molecule has 28 nitrogen and oxygen atoms in total. The Labute approximate surface area is 348 Å². The van der Waals surface area contributed by atoms with Gasteiger partial charge in [-0.25, -0.2) is 14.2 Å². The van der Waals surface area contributed by atoms with Crippen molar-refractivity contribution in [3.05, 3.63) is 0 Å². The Morgan fingerprint density at radius 2 is 1.11 bits per heavy atom. The number of carbonyl (C=O) groups excluding carboxylic acids is 6. The van der Waals surface area contributed by atoms with Gasteiger partial charge in [-0.15, -0.1) is 0 Å². The first-order chi connectivity index (χ1) is 28.8. The Morgan fingerprint density at radius 3 is 1.52 bits per heavy atom. The first-order valence-corrected chi connectivity index (χ1v) is 20.3. The van der Waals surface area contributed by atoms with Crippen LogP contribution >= 0.6 is 7.82 Å². The van der Waals surface area contributed by atoms with Crippen LogP contribution in [-0.4, -0.2) is 212 Å². The maximum atomic E-state index is 12.4. The zero-order valence-corrected chi connectivity index (χ0v) is 34.4. The minimum atomic E-state index is -4.59. The number of nitrogens with one attached hydrogen (secondary N) is 6. The third kappa shape index (κ3) is 19.4. The summed E-state index contributed by atoms with van der Waals surface area (Å²) in [5.74, 6) is -2.44. The molecule has 1 unspecified atom stereocenters. The maximum Gasteiger partial charge on any atom is 0.472 e. The van der Waals surface area contributed by atoms with Crippen molar-refractivity contribution < 1.29 is 106 Å². The smallest absolute Gasteiger partial charge is 0.446 e. The van der Waals surface area contributed by atoms with E-state index >= 15 is 0 Å². The molecule has 2 aliphatic rings. The van der Waals surface area contributed by atoms with E-state index in [2.05, 4.69) is 36.4 Å². The summed E-state index contributed by atoms with van der Waals surface area (Å²) in [4.78, 5) is 81.8. The Bertz CT molecular complexity index is 1470. The second kappa shape index (κ2) is 27.2. The van der Waals surface area contributed by atoms with Gasteiger partial charge in [-0.05, 0) is 12.8 Å². The van der Waals surface area contributed by atoms with Gasteiger partial charge in [0, 0.05) is 34.0 Å². The predicted molar refractivity (Wildman–Crippen MR) is 198 cm³/mol. The summed E-state index contributed by atoms with van der Waals surface area (Å²) in [6.45, 7) is -1.78. The lowest BCUT2D eigenvalue weighted by atomic mass is 9.97. The molecule has 12 atom stereocenters. The molecule has 0 radical (unpaired) electrons. The minimum absolute atomic E-state index is 0.0123. The van der Waals surface area contributed by atoms with Crippen LogP contribution in [0, 0.1) is 0 Å². The van der Waals surface area contributed by atoms with Gasteiger partial charge in [0.2, 0.25) is 23.6 Å². The van der Waals surface area contributed by atoms with Gasteiger partial charge >= 0.3 is 20.0 Å². The molecule has 0 spiro atoms. The van der Waals surface area contributed by atoms with Gasteiger partial charge in [-0.1, -0.05) is 0 Å². The summed E-state index contributed by atoms with van der Waals surface area (Å²) in [7, 11) is -3.72. The van der Waals surface area contributed by atoms with E-state index in [0.29, 0.717) is 0 Å². The number of phosphoric acid groups is 1. The standard InChI is InChI=1S/C32H57N6O22P/c1-16(41)37-23-27(47)25(45)19(12-39)59-29(23)54-8-4-6-33-21(43)10-35-31(49)56-14-18(15-57-61(51,52)53-3)58-32(50)36-11-22(44)34-7-5-9-55-30-24(38-17(2)42)28(48)26(46)20(13-40)60-30/h18-20,23-30,39-40,45-48H,4-15H2,1-3H3,(H,33,43)(H,34,44)(H,35,49)(H,36,50)(H,37,41)(H,38,42)(H,51,52)/t18-,19+,20+,23+,24+,25-,26-,27+,28+,29+,30+/m0/s1. The highest BCUT2D eigenvalue weighted by atomic mass is 31.2. The van der Waals surface area contributed by atoms with Crippen molar-refractivity contribution in [1.82, 2.24) is 31.9 Å². The van der Waals surface area contributed by atoms with E-state index in [1.54, 1.807) is 0 Å². The van der Waals surface area contributed by atoms with E-state index in [9.17, 15) is 68.9 Å². The molecule has 0 aromatic carbocycles. The van der Waals surface area contributed by atoms with E-state index < -0.39 is 151 Å². The number of alkyl carbamates (subject to hydrolysis) is 2. The Balaban J connectivity index is 1.73. The largest absolute Gasteiger partial charge is 0.472 e. The number of carbonyl (C=O) groups is 6. The van der Waals surface area contributed by atoms with Crippen LogP contribution in [0.15, 0.2) is 0 Å². The third-order valence-electron chi connectivity index (χ3n) is 8.47. The molecule has 6 amide bonds. The molecule has 0 aromatic rings. The Hall–Kier alpha value is -3.87. The number of aliphatic hydroxyl groups is 6. The first kappa shape index (κ1) is 53.3. The van der Waals surface area contributed by atoms with Crippen molar-refractivity contribution in [3.8, 4) is 0 Å². The SMILES string of the molecule is COP(=O)(O)OC[C@H](COC(=O)NCC(=O)NCCCO[C@@H]1O[C@H](CO)[C@H](O)[C@H](O)[C@H]1NC(C)=O)OC(=O)NCC(=O)NCCCO[C@@H]1O[C@H](CO)[C@H](O)[C@H](O)[C@H]1NC(C)=O. The minimum Gasteiger partial charge on any atom is -0.446 e. The van der Waals surface area contributed by atoms with Crippen LogP contribution in [0.4, 0.5) is 9.59 Å². The van der Waals surface area contributed by atoms with Crippen molar-refractivity contribution in [3.63, 3.8) is 0 Å². The molecule has 0 aliphatic carbocycles. The summed E-state index contributed by atoms with van der Waals surface area (Å²) >= 11 is 0. The molecular weight excluding hydrogens is 851 g/mol. The summed E-state index contributed by atoms with van der Waals surface area (Å²) in [5.41, 5.74) is 0. The van der Waals surface area contributed by atoms with Crippen LogP contribution in [-0.2, 0) is 61.2 Å². The molecule has 0 bridgehead atoms. The zero-order valence-electron chi connectivity index (χ0n) is 33.5. The molecular formula is C32H57N6O22P. The molecule has 0 aromatic heterocycles. The van der Waals surface area contributed by atoms with E-state index in [1.807, 2.05) is 0 Å². The summed E-state index contributed by atoms with van der Waals surface area (Å²) in [6, 6.07) is -2.30. The highest BCUT2D eigenvalue weighted by molar-refractivity contribution is 7.47. The Kier molecular flexibility index (Phi) is 23.8. The normalized spacial score (nSPS) is 27.6. The molecule has 13 N–H and O–H groups in total. The number of rotatable bonds is 25. The van der Waals surface area contributed by atoms with E-state index in [-0.39, 0.29) is 39.1 Å². The van der Waals surface area contributed by atoms with Crippen molar-refractivity contribution in [2.24, 2.45) is 0 Å². The first-order valence-electron chi connectivity index (χ1n) is 18.8. The number of ether oxygens (including phenoxy) is 6. The van der Waals surface area contributed by atoms with Crippen LogP contribution in [0.5, 0.6) is 0 Å². The fourth-order valence-electron chi connectivity index (χ4n) is 5.41. The number of hydrogen-bond donors (Lipinski definition) is 13. The highest BCUT2D eigenvalue weighted by Crippen LogP contribution is 2.42. The molecule has 29 heteroatoms. The van der Waals surface area contributed by atoms with Gasteiger partial charge in [0.15, 0.2) is 18.7 Å². The maximum absolute atomic E-state index is 12.4. The molecule has 2 aliphatic heterocycles. The van der Waals surface area contributed by atoms with Crippen LogP contribution in [0.1, 0.15) is 26.7 Å². The molecule has 0 saturated carbocycles. The number of phosphoric ester groups is 1. The number of hydrogen-bond acceptors (Lipinski definition) is 21.